The van der Waals surface area contributed by atoms with Gasteiger partial charge in [-0.1, -0.05) is 49.6 Å². The second kappa shape index (κ2) is 8.28. The maximum atomic E-state index is 13.2. The molecule has 3 N–H and O–H groups in total. The number of hydrogen-bond donors (Lipinski definition) is 3. The summed E-state index contributed by atoms with van der Waals surface area (Å²) in [6, 6.07) is 9.35. The molecule has 160 valence electrons. The highest BCUT2D eigenvalue weighted by Crippen LogP contribution is 2.36. The normalized spacial score (nSPS) is 26.2. The molecule has 2 aliphatic rings. The Morgan fingerprint density at radius 1 is 1.10 bits per heavy atom. The Bertz CT molecular complexity index is 874. The number of aliphatic hydroxyl groups is 2. The number of carbonyl (C=O) groups excluding carboxylic acids is 1. The van der Waals surface area contributed by atoms with E-state index in [2.05, 4.69) is 15.3 Å². The molecule has 0 bridgehead atoms. The first-order valence-corrected chi connectivity index (χ1v) is 10.4. The van der Waals surface area contributed by atoms with E-state index < -0.39 is 29.0 Å². The van der Waals surface area contributed by atoms with Crippen LogP contribution in [0.2, 0.25) is 0 Å². The number of β-amino-alcohol motifs (C(OH)–C–C–N with tert-alkyl or cyclic N) is 1. The molecule has 1 saturated carbocycles. The summed E-state index contributed by atoms with van der Waals surface area (Å²) in [5.74, 6) is -0.631. The Morgan fingerprint density at radius 2 is 1.77 bits per heavy atom. The Balaban J connectivity index is 1.61. The second-order valence-corrected chi connectivity index (χ2v) is 8.30. The van der Waals surface area contributed by atoms with Crippen LogP contribution >= 0.6 is 0 Å². The van der Waals surface area contributed by atoms with Gasteiger partial charge in [-0.25, -0.2) is 14.4 Å². The quantitative estimate of drug-likeness (QED) is 0.707. The topological polar surface area (TPSA) is 98.6 Å². The summed E-state index contributed by atoms with van der Waals surface area (Å²) in [4.78, 5) is 22.9. The van der Waals surface area contributed by atoms with Gasteiger partial charge in [-0.2, -0.15) is 0 Å². The van der Waals surface area contributed by atoms with E-state index in [-0.39, 0.29) is 6.54 Å². The van der Waals surface area contributed by atoms with E-state index in [1.165, 1.54) is 0 Å². The zero-order valence-corrected chi connectivity index (χ0v) is 16.8. The first kappa shape index (κ1) is 20.7. The summed E-state index contributed by atoms with van der Waals surface area (Å²) < 4.78 is 13.2. The van der Waals surface area contributed by atoms with Gasteiger partial charge in [0.2, 0.25) is 5.95 Å². The number of aromatic nitrogens is 2. The minimum Gasteiger partial charge on any atom is -0.388 e. The molecule has 1 aliphatic heterocycles. The first-order valence-electron chi connectivity index (χ1n) is 10.4. The van der Waals surface area contributed by atoms with Crippen LogP contribution in [0.3, 0.4) is 0 Å². The lowest BCUT2D eigenvalue weighted by Crippen LogP contribution is -2.65. The number of aliphatic hydroxyl groups excluding tert-OH is 1. The van der Waals surface area contributed by atoms with E-state index in [1.54, 1.807) is 4.90 Å². The number of piperidine rings is 1. The number of hydrogen-bond acceptors (Lipinski definition) is 6. The smallest absolute Gasteiger partial charge is 0.252 e. The molecule has 0 unspecified atom stereocenters. The molecule has 0 spiro atoms. The molecule has 2 heterocycles. The van der Waals surface area contributed by atoms with E-state index >= 15 is 0 Å². The highest BCUT2D eigenvalue weighted by Gasteiger charge is 2.48. The van der Waals surface area contributed by atoms with Gasteiger partial charge in [0.1, 0.15) is 5.60 Å². The van der Waals surface area contributed by atoms with Crippen molar-refractivity contribution < 1.29 is 19.4 Å². The molecule has 1 saturated heterocycles. The van der Waals surface area contributed by atoms with Crippen LogP contribution < -0.4 is 10.2 Å². The summed E-state index contributed by atoms with van der Waals surface area (Å²) >= 11 is 0. The molecule has 2 fully saturated rings. The lowest BCUT2D eigenvalue weighted by atomic mass is 9.76. The average molecular weight is 414 g/mol. The van der Waals surface area contributed by atoms with Gasteiger partial charge in [0, 0.05) is 13.1 Å². The molecule has 1 amide bonds. The van der Waals surface area contributed by atoms with Crippen LogP contribution in [0, 0.1) is 5.82 Å². The van der Waals surface area contributed by atoms with Crippen molar-refractivity contribution in [1.82, 2.24) is 15.3 Å². The fourth-order valence-electron chi connectivity index (χ4n) is 4.56. The molecule has 0 radical (unpaired) electrons. The number of halogens is 1. The lowest BCUT2D eigenvalue weighted by Gasteiger charge is -2.47. The number of anilines is 1. The van der Waals surface area contributed by atoms with Crippen LogP contribution in [-0.2, 0) is 10.3 Å². The summed E-state index contributed by atoms with van der Waals surface area (Å²) in [7, 11) is 0. The van der Waals surface area contributed by atoms with Gasteiger partial charge in [-0.3, -0.25) is 4.79 Å². The minimum absolute atomic E-state index is 0.166. The standard InChI is InChI=1S/C22H27FN4O3/c23-17-13-24-20(25-14-17)27-12-11-22(18(28)15-27,16-7-3-1-4-8-16)26-19(29)21(30)9-5-2-6-10-21/h1,3-4,7-8,13-14,18,28,30H,2,5-6,9-12,15H2,(H,26,29)/t18-,22+/m1/s1. The highest BCUT2D eigenvalue weighted by atomic mass is 19.1. The number of nitrogens with zero attached hydrogens (tertiary/aromatic N) is 3. The minimum atomic E-state index is -1.41. The third kappa shape index (κ3) is 3.89. The average Bonchev–Trinajstić information content (AvgIpc) is 2.77. The van der Waals surface area contributed by atoms with Gasteiger partial charge in [0.25, 0.3) is 5.91 Å². The monoisotopic (exact) mass is 414 g/mol. The molecule has 2 atom stereocenters. The zero-order chi connectivity index (χ0) is 21.2. The van der Waals surface area contributed by atoms with E-state index in [0.29, 0.717) is 31.8 Å². The molecule has 4 rings (SSSR count). The maximum absolute atomic E-state index is 13.2. The van der Waals surface area contributed by atoms with Gasteiger partial charge in [0.15, 0.2) is 5.82 Å². The van der Waals surface area contributed by atoms with Crippen molar-refractivity contribution in [1.29, 1.82) is 0 Å². The van der Waals surface area contributed by atoms with Crippen molar-refractivity contribution in [2.45, 2.75) is 55.8 Å². The van der Waals surface area contributed by atoms with Gasteiger partial charge < -0.3 is 20.4 Å². The summed E-state index contributed by atoms with van der Waals surface area (Å²) in [6.07, 6.45) is 5.07. The van der Waals surface area contributed by atoms with Crippen molar-refractivity contribution in [3.8, 4) is 0 Å². The van der Waals surface area contributed by atoms with Gasteiger partial charge in [-0.15, -0.1) is 0 Å². The molecular formula is C22H27FN4O3. The molecule has 2 aromatic rings. The lowest BCUT2D eigenvalue weighted by molar-refractivity contribution is -0.147. The van der Waals surface area contributed by atoms with Crippen LogP contribution in [0.5, 0.6) is 0 Å². The van der Waals surface area contributed by atoms with Crippen LogP contribution in [0.25, 0.3) is 0 Å². The molecule has 1 aliphatic carbocycles. The molecule has 30 heavy (non-hydrogen) atoms. The summed E-state index contributed by atoms with van der Waals surface area (Å²) in [5.41, 5.74) is -1.66. The zero-order valence-electron chi connectivity index (χ0n) is 16.8. The van der Waals surface area contributed by atoms with Crippen LogP contribution in [-0.4, -0.2) is 50.9 Å². The number of amides is 1. The summed E-state index contributed by atoms with van der Waals surface area (Å²) in [6.45, 7) is 0.621. The van der Waals surface area contributed by atoms with Crippen LogP contribution in [0.1, 0.15) is 44.1 Å². The van der Waals surface area contributed by atoms with Crippen LogP contribution in [0.4, 0.5) is 10.3 Å². The van der Waals surface area contributed by atoms with Crippen molar-refractivity contribution in [3.05, 3.63) is 54.1 Å². The van der Waals surface area contributed by atoms with Crippen molar-refractivity contribution in [2.24, 2.45) is 0 Å². The van der Waals surface area contributed by atoms with E-state index in [4.69, 9.17) is 0 Å². The Labute approximate surface area is 175 Å². The Morgan fingerprint density at radius 3 is 2.40 bits per heavy atom. The molecule has 1 aromatic heterocycles. The molecule has 8 heteroatoms. The third-order valence-electron chi connectivity index (χ3n) is 6.36. The molecule has 7 nitrogen and oxygen atoms in total. The van der Waals surface area contributed by atoms with E-state index in [0.717, 1.165) is 37.2 Å². The fourth-order valence-corrected chi connectivity index (χ4v) is 4.56. The number of carbonyl (C=O) groups is 1. The molecule has 1 aromatic carbocycles. The predicted molar refractivity (Wildman–Crippen MR) is 109 cm³/mol. The Hall–Kier alpha value is -2.58. The highest BCUT2D eigenvalue weighted by molar-refractivity contribution is 5.86. The first-order chi connectivity index (χ1) is 14.4. The third-order valence-corrected chi connectivity index (χ3v) is 6.36. The molecular weight excluding hydrogens is 387 g/mol. The summed E-state index contributed by atoms with van der Waals surface area (Å²) in [5, 5.41) is 25.2. The van der Waals surface area contributed by atoms with Crippen molar-refractivity contribution in [2.75, 3.05) is 18.0 Å². The van der Waals surface area contributed by atoms with Gasteiger partial charge in [-0.05, 0) is 24.8 Å². The maximum Gasteiger partial charge on any atom is 0.252 e. The predicted octanol–water partition coefficient (Wildman–Crippen LogP) is 1.89. The van der Waals surface area contributed by atoms with Gasteiger partial charge in [0.05, 0.1) is 24.0 Å². The number of rotatable bonds is 4. The largest absolute Gasteiger partial charge is 0.388 e. The number of benzene rings is 1. The fraction of sp³-hybridized carbons (Fsp3) is 0.500. The van der Waals surface area contributed by atoms with Gasteiger partial charge >= 0.3 is 0 Å². The van der Waals surface area contributed by atoms with E-state index in [1.807, 2.05) is 30.3 Å². The Kier molecular flexibility index (Phi) is 5.71. The number of nitrogens with one attached hydrogen (secondary N) is 1. The van der Waals surface area contributed by atoms with Crippen molar-refractivity contribution >= 4 is 11.9 Å². The SMILES string of the molecule is O=C(N[C@]1(c2ccccc2)CCN(c2ncc(F)cn2)C[C@H]1O)C1(O)CCCCC1. The van der Waals surface area contributed by atoms with Crippen molar-refractivity contribution in [3.63, 3.8) is 0 Å². The van der Waals surface area contributed by atoms with E-state index in [9.17, 15) is 19.4 Å². The van der Waals surface area contributed by atoms with Crippen LogP contribution in [0.15, 0.2) is 42.7 Å². The second-order valence-electron chi connectivity index (χ2n) is 8.30.